The average molecular weight is 269 g/mol. The van der Waals surface area contributed by atoms with Gasteiger partial charge in [0.2, 0.25) is 0 Å². The molecule has 0 amide bonds. The highest BCUT2D eigenvalue weighted by Gasteiger charge is 2.37. The fourth-order valence-electron chi connectivity index (χ4n) is 2.13. The van der Waals surface area contributed by atoms with E-state index in [-0.39, 0.29) is 11.9 Å². The maximum Gasteiger partial charge on any atom is 0.282 e. The number of hydrogen-bond donors (Lipinski definition) is 0. The second-order valence-corrected chi connectivity index (χ2v) is 6.30. The zero-order valence-electron chi connectivity index (χ0n) is 9.14. The predicted molar refractivity (Wildman–Crippen MR) is 61.8 cm³/mol. The third-order valence-electron chi connectivity index (χ3n) is 3.04. The summed E-state index contributed by atoms with van der Waals surface area (Å²) >= 11 is 5.78. The van der Waals surface area contributed by atoms with Crippen LogP contribution < -0.4 is 0 Å². The molecule has 16 heavy (non-hydrogen) atoms. The monoisotopic (exact) mass is 268 g/mol. The molecule has 0 radical (unpaired) electrons. The third kappa shape index (κ3) is 2.36. The minimum Gasteiger partial charge on any atom is -0.378 e. The van der Waals surface area contributed by atoms with Crippen molar-refractivity contribution in [3.63, 3.8) is 0 Å². The summed E-state index contributed by atoms with van der Waals surface area (Å²) in [4.78, 5) is 0. The Balaban J connectivity index is 2.13. The Labute approximate surface area is 101 Å². The van der Waals surface area contributed by atoms with Crippen LogP contribution in [0.4, 0.5) is 0 Å². The van der Waals surface area contributed by atoms with Crippen molar-refractivity contribution in [2.45, 2.75) is 18.9 Å². The molecule has 1 atom stereocenters. The van der Waals surface area contributed by atoms with Gasteiger partial charge in [0.05, 0.1) is 19.3 Å². The van der Waals surface area contributed by atoms with Crippen molar-refractivity contribution in [2.24, 2.45) is 0 Å². The molecule has 2 heterocycles. The summed E-state index contributed by atoms with van der Waals surface area (Å²) in [6, 6.07) is -0.221. The van der Waals surface area contributed by atoms with Gasteiger partial charge in [-0.15, -0.1) is 11.6 Å². The van der Waals surface area contributed by atoms with Crippen LogP contribution in [0.1, 0.15) is 12.8 Å². The smallest absolute Gasteiger partial charge is 0.282 e. The molecule has 94 valence electrons. The molecule has 0 aromatic rings. The van der Waals surface area contributed by atoms with E-state index < -0.39 is 10.2 Å². The molecule has 0 bridgehead atoms. The van der Waals surface area contributed by atoms with Gasteiger partial charge in [-0.05, 0) is 12.8 Å². The number of halogens is 1. The van der Waals surface area contributed by atoms with E-state index in [1.165, 1.54) is 4.31 Å². The lowest BCUT2D eigenvalue weighted by Gasteiger charge is -2.35. The Bertz CT molecular complexity index is 330. The van der Waals surface area contributed by atoms with Crippen LogP contribution in [0, 0.1) is 0 Å². The number of hydrogen-bond acceptors (Lipinski definition) is 3. The van der Waals surface area contributed by atoms with Gasteiger partial charge < -0.3 is 4.74 Å². The summed E-state index contributed by atoms with van der Waals surface area (Å²) in [5, 5.41) is 0. The van der Waals surface area contributed by atoms with Gasteiger partial charge in [0, 0.05) is 25.5 Å². The van der Waals surface area contributed by atoms with Crippen LogP contribution in [-0.4, -0.2) is 61.8 Å². The van der Waals surface area contributed by atoms with Crippen LogP contribution >= 0.6 is 11.6 Å². The van der Waals surface area contributed by atoms with Crippen molar-refractivity contribution >= 4 is 21.8 Å². The molecule has 0 saturated carbocycles. The van der Waals surface area contributed by atoms with Crippen LogP contribution in [0.3, 0.4) is 0 Å². The first kappa shape index (κ1) is 12.6. The molecule has 0 aromatic carbocycles. The van der Waals surface area contributed by atoms with Crippen molar-refractivity contribution in [1.29, 1.82) is 0 Å². The first-order valence-electron chi connectivity index (χ1n) is 5.57. The van der Waals surface area contributed by atoms with Gasteiger partial charge in [-0.25, -0.2) is 0 Å². The lowest BCUT2D eigenvalue weighted by molar-refractivity contribution is 0.0379. The maximum absolute atomic E-state index is 12.3. The zero-order chi connectivity index (χ0) is 11.6. The average Bonchev–Trinajstić information content (AvgIpc) is 2.83. The van der Waals surface area contributed by atoms with Crippen molar-refractivity contribution in [3.8, 4) is 0 Å². The standard InChI is InChI=1S/C9H17ClN2O3S/c10-7-9-8-15-6-5-12(9)16(13,14)11-3-1-2-4-11/h9H,1-8H2. The van der Waals surface area contributed by atoms with Crippen LogP contribution in [0.5, 0.6) is 0 Å². The Morgan fingerprint density at radius 2 is 1.94 bits per heavy atom. The minimum absolute atomic E-state index is 0.221. The summed E-state index contributed by atoms with van der Waals surface area (Å²) in [7, 11) is -3.32. The topological polar surface area (TPSA) is 49.9 Å². The molecule has 1 unspecified atom stereocenters. The van der Waals surface area contributed by atoms with Gasteiger partial charge >= 0.3 is 0 Å². The Kier molecular flexibility index (Phi) is 4.07. The molecule has 2 fully saturated rings. The van der Waals surface area contributed by atoms with E-state index in [0.717, 1.165) is 12.8 Å². The van der Waals surface area contributed by atoms with Crippen LogP contribution in [0.2, 0.25) is 0 Å². The first-order chi connectivity index (χ1) is 7.66. The number of alkyl halides is 1. The van der Waals surface area contributed by atoms with Crippen molar-refractivity contribution in [2.75, 3.05) is 38.7 Å². The van der Waals surface area contributed by atoms with Gasteiger partial charge in [-0.1, -0.05) is 0 Å². The minimum atomic E-state index is -3.32. The molecule has 0 N–H and O–H groups in total. The van der Waals surface area contributed by atoms with Gasteiger partial charge in [0.1, 0.15) is 0 Å². The second-order valence-electron chi connectivity index (χ2n) is 4.11. The summed E-state index contributed by atoms with van der Waals surface area (Å²) < 4.78 is 32.9. The molecule has 2 aliphatic rings. The van der Waals surface area contributed by atoms with E-state index >= 15 is 0 Å². The third-order valence-corrected chi connectivity index (χ3v) is 5.49. The van der Waals surface area contributed by atoms with E-state index in [4.69, 9.17) is 16.3 Å². The van der Waals surface area contributed by atoms with Crippen LogP contribution in [-0.2, 0) is 14.9 Å². The van der Waals surface area contributed by atoms with Gasteiger partial charge in [-0.2, -0.15) is 17.0 Å². The largest absolute Gasteiger partial charge is 0.378 e. The fourth-order valence-corrected chi connectivity index (χ4v) is 4.30. The molecule has 7 heteroatoms. The van der Waals surface area contributed by atoms with E-state index in [0.29, 0.717) is 32.8 Å². The molecule has 2 aliphatic heterocycles. The Morgan fingerprint density at radius 1 is 1.25 bits per heavy atom. The summed E-state index contributed by atoms with van der Waals surface area (Å²) in [5.74, 6) is 0.285. The molecule has 0 aliphatic carbocycles. The van der Waals surface area contributed by atoms with Crippen molar-refractivity contribution in [3.05, 3.63) is 0 Å². The van der Waals surface area contributed by atoms with Crippen molar-refractivity contribution in [1.82, 2.24) is 8.61 Å². The van der Waals surface area contributed by atoms with E-state index in [1.807, 2.05) is 0 Å². The molecule has 0 spiro atoms. The zero-order valence-corrected chi connectivity index (χ0v) is 10.7. The molecular weight excluding hydrogens is 252 g/mol. The lowest BCUT2D eigenvalue weighted by Crippen LogP contribution is -2.54. The fraction of sp³-hybridized carbons (Fsp3) is 1.00. The van der Waals surface area contributed by atoms with E-state index in [1.54, 1.807) is 4.31 Å². The normalized spacial score (nSPS) is 29.7. The van der Waals surface area contributed by atoms with Crippen LogP contribution in [0.15, 0.2) is 0 Å². The SMILES string of the molecule is O=S(=O)(N1CCCC1)N1CCOCC1CCl. The molecular formula is C9H17ClN2O3S. The highest BCUT2D eigenvalue weighted by Crippen LogP contribution is 2.21. The number of rotatable bonds is 3. The number of morpholine rings is 1. The lowest BCUT2D eigenvalue weighted by atomic mass is 10.3. The van der Waals surface area contributed by atoms with Crippen molar-refractivity contribution < 1.29 is 13.2 Å². The number of ether oxygens (including phenoxy) is 1. The van der Waals surface area contributed by atoms with E-state index in [2.05, 4.69) is 0 Å². The second kappa shape index (κ2) is 5.18. The summed E-state index contributed by atoms with van der Waals surface area (Å²) in [6.45, 7) is 2.54. The Morgan fingerprint density at radius 3 is 2.56 bits per heavy atom. The van der Waals surface area contributed by atoms with E-state index in [9.17, 15) is 8.42 Å². The molecule has 5 nitrogen and oxygen atoms in total. The number of nitrogens with zero attached hydrogens (tertiary/aromatic N) is 2. The van der Waals surface area contributed by atoms with Gasteiger partial charge in [0.25, 0.3) is 10.2 Å². The molecule has 2 saturated heterocycles. The maximum atomic E-state index is 12.3. The van der Waals surface area contributed by atoms with Gasteiger partial charge in [-0.3, -0.25) is 0 Å². The summed E-state index contributed by atoms with van der Waals surface area (Å²) in [6.07, 6.45) is 1.91. The predicted octanol–water partition coefficient (Wildman–Crippen LogP) is 0.267. The first-order valence-corrected chi connectivity index (χ1v) is 7.50. The Hall–Kier alpha value is 0.120. The quantitative estimate of drug-likeness (QED) is 0.691. The molecule has 0 aromatic heterocycles. The van der Waals surface area contributed by atoms with Crippen LogP contribution in [0.25, 0.3) is 0 Å². The highest BCUT2D eigenvalue weighted by molar-refractivity contribution is 7.86. The summed E-state index contributed by atoms with van der Waals surface area (Å²) in [5.41, 5.74) is 0. The van der Waals surface area contributed by atoms with Gasteiger partial charge in [0.15, 0.2) is 0 Å². The molecule has 2 rings (SSSR count). The highest BCUT2D eigenvalue weighted by atomic mass is 35.5.